The maximum Gasteiger partial charge on any atom is 0.222 e. The Hall–Kier alpha value is -3.06. The standard InChI is InChI=1S/C21H21N5OS/c1-15(17-11-7-4-8-12-17)23-19-18-13-22-26(14-16-9-5-3-6-10-16)20(18)25-21(24-19)28(2)27/h3-13,15H,14H2,1-2H3,(H,23,24,25). The maximum atomic E-state index is 12.1. The molecule has 0 fully saturated rings. The Kier molecular flexibility index (Phi) is 5.16. The highest BCUT2D eigenvalue weighted by atomic mass is 32.2. The molecule has 4 rings (SSSR count). The van der Waals surface area contributed by atoms with E-state index in [-0.39, 0.29) is 6.04 Å². The van der Waals surface area contributed by atoms with Gasteiger partial charge in [-0.2, -0.15) is 5.10 Å². The lowest BCUT2D eigenvalue weighted by Crippen LogP contribution is -2.11. The highest BCUT2D eigenvalue weighted by Crippen LogP contribution is 2.26. The van der Waals surface area contributed by atoms with Crippen molar-refractivity contribution >= 4 is 27.7 Å². The van der Waals surface area contributed by atoms with Crippen LogP contribution in [0.25, 0.3) is 11.0 Å². The molecule has 2 aromatic heterocycles. The van der Waals surface area contributed by atoms with Crippen LogP contribution in [0, 0.1) is 0 Å². The van der Waals surface area contributed by atoms with E-state index in [0.29, 0.717) is 23.2 Å². The molecule has 2 heterocycles. The highest BCUT2D eigenvalue weighted by molar-refractivity contribution is 7.84. The third-order valence-electron chi connectivity index (χ3n) is 4.56. The van der Waals surface area contributed by atoms with Crippen LogP contribution in [0.3, 0.4) is 0 Å². The summed E-state index contributed by atoms with van der Waals surface area (Å²) in [6, 6.07) is 20.2. The number of hydrogen-bond acceptors (Lipinski definition) is 5. The molecule has 142 valence electrons. The van der Waals surface area contributed by atoms with Crippen LogP contribution in [0.2, 0.25) is 0 Å². The van der Waals surface area contributed by atoms with E-state index >= 15 is 0 Å². The van der Waals surface area contributed by atoms with Gasteiger partial charge in [-0.25, -0.2) is 14.6 Å². The second-order valence-electron chi connectivity index (χ2n) is 6.61. The molecule has 1 N–H and O–H groups in total. The predicted octanol–water partition coefficient (Wildman–Crippen LogP) is 3.79. The first-order valence-electron chi connectivity index (χ1n) is 9.04. The minimum atomic E-state index is -1.30. The zero-order valence-corrected chi connectivity index (χ0v) is 16.6. The van der Waals surface area contributed by atoms with Gasteiger partial charge in [-0.1, -0.05) is 60.7 Å². The number of fused-ring (bicyclic) bond motifs is 1. The number of aromatic nitrogens is 4. The summed E-state index contributed by atoms with van der Waals surface area (Å²) in [5.74, 6) is 0.644. The van der Waals surface area contributed by atoms with Crippen molar-refractivity contribution < 1.29 is 4.21 Å². The summed E-state index contributed by atoms with van der Waals surface area (Å²) < 4.78 is 13.9. The van der Waals surface area contributed by atoms with E-state index < -0.39 is 10.8 Å². The first kappa shape index (κ1) is 18.3. The van der Waals surface area contributed by atoms with Crippen LogP contribution in [-0.2, 0) is 17.3 Å². The van der Waals surface area contributed by atoms with Gasteiger partial charge in [0.25, 0.3) is 0 Å². The summed E-state index contributed by atoms with van der Waals surface area (Å²) in [5.41, 5.74) is 2.94. The number of rotatable bonds is 6. The van der Waals surface area contributed by atoms with Gasteiger partial charge in [0.2, 0.25) is 5.16 Å². The van der Waals surface area contributed by atoms with Crippen molar-refractivity contribution in [3.05, 3.63) is 78.0 Å². The van der Waals surface area contributed by atoms with Crippen LogP contribution < -0.4 is 5.32 Å². The quantitative estimate of drug-likeness (QED) is 0.506. The van der Waals surface area contributed by atoms with Crippen molar-refractivity contribution in [3.63, 3.8) is 0 Å². The van der Waals surface area contributed by atoms with Gasteiger partial charge < -0.3 is 5.32 Å². The molecule has 0 aliphatic heterocycles. The first-order chi connectivity index (χ1) is 13.6. The second kappa shape index (κ2) is 7.90. The topological polar surface area (TPSA) is 72.7 Å². The monoisotopic (exact) mass is 391 g/mol. The van der Waals surface area contributed by atoms with E-state index in [9.17, 15) is 4.21 Å². The second-order valence-corrected chi connectivity index (χ2v) is 7.88. The molecule has 28 heavy (non-hydrogen) atoms. The minimum Gasteiger partial charge on any atom is -0.363 e. The normalized spacial score (nSPS) is 13.4. The average molecular weight is 392 g/mol. The van der Waals surface area contributed by atoms with E-state index in [1.165, 1.54) is 0 Å². The molecule has 2 aromatic carbocycles. The fourth-order valence-electron chi connectivity index (χ4n) is 3.08. The lowest BCUT2D eigenvalue weighted by Gasteiger charge is -2.16. The molecule has 0 bridgehead atoms. The zero-order valence-electron chi connectivity index (χ0n) is 15.7. The third-order valence-corrected chi connectivity index (χ3v) is 5.26. The van der Waals surface area contributed by atoms with Gasteiger partial charge in [0.15, 0.2) is 5.65 Å². The Labute approximate surface area is 166 Å². The number of anilines is 1. The van der Waals surface area contributed by atoms with Crippen molar-refractivity contribution in [2.75, 3.05) is 11.6 Å². The summed E-state index contributed by atoms with van der Waals surface area (Å²) in [7, 11) is -1.30. The SMILES string of the molecule is CC(Nc1nc(S(C)=O)nc2c1cnn2Cc1ccccc1)c1ccccc1. The van der Waals surface area contributed by atoms with Crippen LogP contribution in [-0.4, -0.2) is 30.2 Å². The Bertz CT molecular complexity index is 1110. The van der Waals surface area contributed by atoms with E-state index in [0.717, 1.165) is 16.5 Å². The van der Waals surface area contributed by atoms with Crippen LogP contribution in [0.5, 0.6) is 0 Å². The molecule has 6 nitrogen and oxygen atoms in total. The van der Waals surface area contributed by atoms with Crippen molar-refractivity contribution in [1.29, 1.82) is 0 Å². The van der Waals surface area contributed by atoms with Crippen molar-refractivity contribution in [1.82, 2.24) is 19.7 Å². The lowest BCUT2D eigenvalue weighted by atomic mass is 10.1. The van der Waals surface area contributed by atoms with Gasteiger partial charge in [-0.05, 0) is 18.1 Å². The molecular formula is C21H21N5OS. The van der Waals surface area contributed by atoms with Crippen molar-refractivity contribution in [2.24, 2.45) is 0 Å². The Morgan fingerprint density at radius 3 is 2.39 bits per heavy atom. The molecule has 0 saturated carbocycles. The largest absolute Gasteiger partial charge is 0.363 e. The highest BCUT2D eigenvalue weighted by Gasteiger charge is 2.17. The van der Waals surface area contributed by atoms with E-state index in [4.69, 9.17) is 0 Å². The molecule has 0 aliphatic carbocycles. The van der Waals surface area contributed by atoms with Gasteiger partial charge in [-0.3, -0.25) is 4.21 Å². The molecule has 0 radical (unpaired) electrons. The van der Waals surface area contributed by atoms with Crippen molar-refractivity contribution in [2.45, 2.75) is 24.7 Å². The molecule has 0 saturated heterocycles. The number of hydrogen-bond donors (Lipinski definition) is 1. The van der Waals surface area contributed by atoms with Gasteiger partial charge >= 0.3 is 0 Å². The third kappa shape index (κ3) is 3.80. The summed E-state index contributed by atoms with van der Waals surface area (Å²) in [4.78, 5) is 9.03. The summed E-state index contributed by atoms with van der Waals surface area (Å²) >= 11 is 0. The van der Waals surface area contributed by atoms with E-state index in [2.05, 4.69) is 39.4 Å². The lowest BCUT2D eigenvalue weighted by molar-refractivity contribution is 0.676. The summed E-state index contributed by atoms with van der Waals surface area (Å²) in [5, 5.41) is 9.05. The average Bonchev–Trinajstić information content (AvgIpc) is 3.12. The fourth-order valence-corrected chi connectivity index (χ4v) is 3.51. The van der Waals surface area contributed by atoms with Gasteiger partial charge in [0.05, 0.1) is 28.9 Å². The van der Waals surface area contributed by atoms with Crippen LogP contribution >= 0.6 is 0 Å². The molecule has 2 unspecified atom stereocenters. The Morgan fingerprint density at radius 1 is 1.04 bits per heavy atom. The molecular weight excluding hydrogens is 370 g/mol. The number of nitrogens with one attached hydrogen (secondary N) is 1. The zero-order chi connectivity index (χ0) is 19.5. The van der Waals surface area contributed by atoms with Gasteiger partial charge in [0, 0.05) is 12.3 Å². The summed E-state index contributed by atoms with van der Waals surface area (Å²) in [6.45, 7) is 2.66. The minimum absolute atomic E-state index is 0.0370. The molecule has 2 atom stereocenters. The van der Waals surface area contributed by atoms with Gasteiger partial charge in [-0.15, -0.1) is 0 Å². The maximum absolute atomic E-state index is 12.1. The summed E-state index contributed by atoms with van der Waals surface area (Å²) in [6.07, 6.45) is 3.35. The molecule has 4 aromatic rings. The van der Waals surface area contributed by atoms with Crippen LogP contribution in [0.4, 0.5) is 5.82 Å². The smallest absolute Gasteiger partial charge is 0.222 e. The molecule has 0 spiro atoms. The first-order valence-corrected chi connectivity index (χ1v) is 10.6. The Balaban J connectivity index is 1.74. The molecule has 7 heteroatoms. The number of benzene rings is 2. The fraction of sp³-hybridized carbons (Fsp3) is 0.190. The van der Waals surface area contributed by atoms with Crippen LogP contribution in [0.1, 0.15) is 24.1 Å². The van der Waals surface area contributed by atoms with E-state index in [1.807, 2.05) is 53.2 Å². The number of nitrogens with zero attached hydrogens (tertiary/aromatic N) is 4. The van der Waals surface area contributed by atoms with Crippen molar-refractivity contribution in [3.8, 4) is 0 Å². The molecule has 0 aliphatic rings. The molecule has 0 amide bonds. The predicted molar refractivity (Wildman–Crippen MR) is 112 cm³/mol. The van der Waals surface area contributed by atoms with Gasteiger partial charge in [0.1, 0.15) is 5.82 Å². The van der Waals surface area contributed by atoms with Crippen LogP contribution in [0.15, 0.2) is 72.0 Å². The van der Waals surface area contributed by atoms with E-state index in [1.54, 1.807) is 12.5 Å². The Morgan fingerprint density at radius 2 is 1.71 bits per heavy atom.